The van der Waals surface area contributed by atoms with Gasteiger partial charge in [-0.15, -0.1) is 0 Å². The molecule has 3 nitrogen and oxygen atoms in total. The predicted octanol–water partition coefficient (Wildman–Crippen LogP) is 3.52. The lowest BCUT2D eigenvalue weighted by Gasteiger charge is -2.29. The van der Waals surface area contributed by atoms with Crippen LogP contribution in [0.25, 0.3) is 0 Å². The van der Waals surface area contributed by atoms with Crippen LogP contribution in [0.3, 0.4) is 0 Å². The van der Waals surface area contributed by atoms with Gasteiger partial charge in [-0.1, -0.05) is 37.6 Å². The monoisotopic (exact) mass is 316 g/mol. The van der Waals surface area contributed by atoms with Crippen molar-refractivity contribution in [2.45, 2.75) is 57.5 Å². The highest BCUT2D eigenvalue weighted by atomic mass is 16.6. The number of rotatable bonds is 5. The molecule has 126 valence electrons. The topological polar surface area (TPSA) is 27.7 Å². The molecule has 0 unspecified atom stereocenters. The number of ether oxygens (including phenoxy) is 1. The molecule has 1 heterocycles. The molecule has 0 atom stereocenters. The average molecular weight is 316 g/mol. The molecule has 1 aromatic rings. The van der Waals surface area contributed by atoms with Crippen LogP contribution in [0.4, 0.5) is 0 Å². The Morgan fingerprint density at radius 3 is 2.26 bits per heavy atom. The molecule has 1 aliphatic heterocycles. The molecule has 0 aromatic heterocycles. The minimum atomic E-state index is -0.179. The van der Waals surface area contributed by atoms with E-state index in [1.165, 1.54) is 44.1 Å². The predicted molar refractivity (Wildman–Crippen MR) is 94.1 cm³/mol. The van der Waals surface area contributed by atoms with Crippen molar-refractivity contribution in [3.05, 3.63) is 29.8 Å². The Labute approximate surface area is 140 Å². The fourth-order valence-electron chi connectivity index (χ4n) is 3.87. The van der Waals surface area contributed by atoms with Gasteiger partial charge in [-0.2, -0.15) is 0 Å². The molecular formula is C19H29BO3. The van der Waals surface area contributed by atoms with Crippen LogP contribution in [0.5, 0.6) is 0 Å². The Bertz CT molecular complexity index is 460. The molecule has 0 spiro atoms. The molecule has 0 amide bonds. The lowest BCUT2D eigenvalue weighted by atomic mass is 9.75. The van der Waals surface area contributed by atoms with Gasteiger partial charge in [0.05, 0.1) is 6.10 Å². The Morgan fingerprint density at radius 1 is 1.04 bits per heavy atom. The summed E-state index contributed by atoms with van der Waals surface area (Å²) in [6.07, 6.45) is 7.66. The first-order valence-corrected chi connectivity index (χ1v) is 9.16. The van der Waals surface area contributed by atoms with E-state index in [1.807, 2.05) is 7.11 Å². The number of methoxy groups -OCH3 is 1. The van der Waals surface area contributed by atoms with Crippen molar-refractivity contribution in [3.63, 3.8) is 0 Å². The van der Waals surface area contributed by atoms with Crippen molar-refractivity contribution in [1.29, 1.82) is 0 Å². The van der Waals surface area contributed by atoms with Crippen molar-refractivity contribution in [2.75, 3.05) is 20.3 Å². The summed E-state index contributed by atoms with van der Waals surface area (Å²) >= 11 is 0. The first-order chi connectivity index (χ1) is 11.3. The Hall–Kier alpha value is -0.835. The maximum absolute atomic E-state index is 5.90. The largest absolute Gasteiger partial charge is 0.493 e. The van der Waals surface area contributed by atoms with Crippen molar-refractivity contribution in [2.24, 2.45) is 5.92 Å². The zero-order valence-corrected chi connectivity index (χ0v) is 14.5. The molecule has 4 heteroatoms. The summed E-state index contributed by atoms with van der Waals surface area (Å²) in [5, 5.41) is 0. The number of hydrogen-bond donors (Lipinski definition) is 0. The van der Waals surface area contributed by atoms with Gasteiger partial charge in [0, 0.05) is 26.2 Å². The van der Waals surface area contributed by atoms with Crippen LogP contribution in [0.1, 0.15) is 56.9 Å². The van der Waals surface area contributed by atoms with Gasteiger partial charge >= 0.3 is 7.12 Å². The highest BCUT2D eigenvalue weighted by Gasteiger charge is 2.29. The molecular weight excluding hydrogens is 287 g/mol. The minimum absolute atomic E-state index is 0.179. The lowest BCUT2D eigenvalue weighted by molar-refractivity contribution is 0.0659. The van der Waals surface area contributed by atoms with Crippen LogP contribution in [0, 0.1) is 5.92 Å². The zero-order valence-electron chi connectivity index (χ0n) is 14.5. The van der Waals surface area contributed by atoms with E-state index in [2.05, 4.69) is 31.2 Å². The SMILES string of the molecule is CCCC1COB(c2ccc(C3CCC(OC)CC3)cc2)OC1. The van der Waals surface area contributed by atoms with Crippen molar-refractivity contribution in [3.8, 4) is 0 Å². The number of benzene rings is 1. The van der Waals surface area contributed by atoms with E-state index in [0.717, 1.165) is 18.7 Å². The van der Waals surface area contributed by atoms with Gasteiger partial charge in [0.15, 0.2) is 0 Å². The van der Waals surface area contributed by atoms with E-state index in [9.17, 15) is 0 Å². The van der Waals surface area contributed by atoms with Crippen molar-refractivity contribution in [1.82, 2.24) is 0 Å². The Kier molecular flexibility index (Phi) is 6.15. The van der Waals surface area contributed by atoms with Crippen molar-refractivity contribution >= 4 is 12.6 Å². The van der Waals surface area contributed by atoms with E-state index in [0.29, 0.717) is 17.9 Å². The maximum atomic E-state index is 5.90. The van der Waals surface area contributed by atoms with Gasteiger partial charge in [0.2, 0.25) is 0 Å². The second-order valence-corrected chi connectivity index (χ2v) is 7.03. The van der Waals surface area contributed by atoms with Gasteiger partial charge in [0.25, 0.3) is 0 Å². The molecule has 1 saturated carbocycles. The summed E-state index contributed by atoms with van der Waals surface area (Å²) < 4.78 is 17.3. The second-order valence-electron chi connectivity index (χ2n) is 7.03. The summed E-state index contributed by atoms with van der Waals surface area (Å²) in [5.41, 5.74) is 2.59. The van der Waals surface area contributed by atoms with E-state index in [-0.39, 0.29) is 7.12 Å². The van der Waals surface area contributed by atoms with Crippen molar-refractivity contribution < 1.29 is 14.0 Å². The molecule has 0 bridgehead atoms. The molecule has 0 radical (unpaired) electrons. The smallest absolute Gasteiger partial charge is 0.407 e. The minimum Gasteiger partial charge on any atom is -0.407 e. The van der Waals surface area contributed by atoms with Crippen LogP contribution < -0.4 is 5.46 Å². The van der Waals surface area contributed by atoms with E-state index >= 15 is 0 Å². The third-order valence-corrected chi connectivity index (χ3v) is 5.35. The molecule has 23 heavy (non-hydrogen) atoms. The first kappa shape index (κ1) is 17.0. The molecule has 1 aliphatic carbocycles. The zero-order chi connectivity index (χ0) is 16.1. The van der Waals surface area contributed by atoms with Gasteiger partial charge in [-0.3, -0.25) is 0 Å². The summed E-state index contributed by atoms with van der Waals surface area (Å²) in [4.78, 5) is 0. The van der Waals surface area contributed by atoms with Gasteiger partial charge < -0.3 is 14.0 Å². The summed E-state index contributed by atoms with van der Waals surface area (Å²) in [6, 6.07) is 8.89. The highest BCUT2D eigenvalue weighted by molar-refractivity contribution is 6.61. The maximum Gasteiger partial charge on any atom is 0.493 e. The van der Waals surface area contributed by atoms with Crippen LogP contribution in [0.15, 0.2) is 24.3 Å². The fourth-order valence-corrected chi connectivity index (χ4v) is 3.87. The lowest BCUT2D eigenvalue weighted by Crippen LogP contribution is -2.44. The fraction of sp³-hybridized carbons (Fsp3) is 0.684. The molecule has 2 aliphatic rings. The normalized spacial score (nSPS) is 26.4. The molecule has 0 N–H and O–H groups in total. The average Bonchev–Trinajstić information content (AvgIpc) is 2.63. The molecule has 1 aromatic carbocycles. The van der Waals surface area contributed by atoms with Crippen LogP contribution >= 0.6 is 0 Å². The van der Waals surface area contributed by atoms with Gasteiger partial charge in [-0.25, -0.2) is 0 Å². The summed E-state index contributed by atoms with van der Waals surface area (Å²) in [6.45, 7) is 3.85. The van der Waals surface area contributed by atoms with Crippen LogP contribution in [-0.2, 0) is 14.0 Å². The standard InChI is InChI=1S/C19H29BO3/c1-3-4-15-13-22-20(23-14-15)18-9-5-16(6-10-18)17-7-11-19(21-2)12-8-17/h5-6,9-10,15,17,19H,3-4,7-8,11-14H2,1-2H3. The van der Waals surface area contributed by atoms with E-state index in [1.54, 1.807) is 0 Å². The third kappa shape index (κ3) is 4.37. The quantitative estimate of drug-likeness (QED) is 0.778. The first-order valence-electron chi connectivity index (χ1n) is 9.16. The Balaban J connectivity index is 1.53. The highest BCUT2D eigenvalue weighted by Crippen LogP contribution is 2.33. The van der Waals surface area contributed by atoms with Gasteiger partial charge in [-0.05, 0) is 49.0 Å². The molecule has 3 rings (SSSR count). The number of hydrogen-bond acceptors (Lipinski definition) is 3. The molecule has 2 fully saturated rings. The van der Waals surface area contributed by atoms with Crippen LogP contribution in [-0.4, -0.2) is 33.5 Å². The third-order valence-electron chi connectivity index (χ3n) is 5.35. The Morgan fingerprint density at radius 2 is 1.70 bits per heavy atom. The second kappa shape index (κ2) is 8.32. The van der Waals surface area contributed by atoms with Gasteiger partial charge in [0.1, 0.15) is 0 Å². The summed E-state index contributed by atoms with van der Waals surface area (Å²) in [7, 11) is 1.65. The van der Waals surface area contributed by atoms with Crippen LogP contribution in [0.2, 0.25) is 0 Å². The van der Waals surface area contributed by atoms with E-state index < -0.39 is 0 Å². The van der Waals surface area contributed by atoms with E-state index in [4.69, 9.17) is 14.0 Å². The summed E-state index contributed by atoms with van der Waals surface area (Å²) in [5.74, 6) is 1.24. The molecule has 1 saturated heterocycles.